The first-order valence-corrected chi connectivity index (χ1v) is 8.29. The standard InChI is InChI=1S/C17H26N2OS/c1-4-20-15-10-6-5-9-14(15)18-16(21)19-17(13(2)3)11-7-8-12-17/h5-6,9-10,13H,4,7-8,11-12H2,1-3H3,(H2,18,19,21). The van der Waals surface area contributed by atoms with Gasteiger partial charge < -0.3 is 15.4 Å². The molecule has 1 aromatic rings. The minimum absolute atomic E-state index is 0.143. The first kappa shape index (κ1) is 16.1. The highest BCUT2D eigenvalue weighted by Gasteiger charge is 2.37. The smallest absolute Gasteiger partial charge is 0.171 e. The molecule has 1 fully saturated rings. The Balaban J connectivity index is 2.04. The fourth-order valence-electron chi connectivity index (χ4n) is 3.08. The van der Waals surface area contributed by atoms with Crippen molar-refractivity contribution in [2.45, 2.75) is 52.0 Å². The van der Waals surface area contributed by atoms with Crippen LogP contribution >= 0.6 is 12.2 Å². The number of anilines is 1. The van der Waals surface area contributed by atoms with Crippen molar-refractivity contribution in [3.05, 3.63) is 24.3 Å². The number of ether oxygens (including phenoxy) is 1. The fraction of sp³-hybridized carbons (Fsp3) is 0.588. The molecule has 116 valence electrons. The second kappa shape index (κ2) is 7.12. The average molecular weight is 306 g/mol. The van der Waals surface area contributed by atoms with Crippen LogP contribution < -0.4 is 15.4 Å². The number of nitrogens with one attached hydrogen (secondary N) is 2. The van der Waals surface area contributed by atoms with E-state index in [1.54, 1.807) is 0 Å². The Morgan fingerprint density at radius 2 is 1.95 bits per heavy atom. The number of rotatable bonds is 5. The molecule has 0 amide bonds. The van der Waals surface area contributed by atoms with E-state index < -0.39 is 0 Å². The van der Waals surface area contributed by atoms with Crippen LogP contribution in [-0.4, -0.2) is 17.3 Å². The van der Waals surface area contributed by atoms with Crippen LogP contribution in [0.1, 0.15) is 46.5 Å². The molecule has 0 saturated heterocycles. The highest BCUT2D eigenvalue weighted by atomic mass is 32.1. The van der Waals surface area contributed by atoms with Gasteiger partial charge in [0.05, 0.1) is 12.3 Å². The van der Waals surface area contributed by atoms with E-state index in [4.69, 9.17) is 17.0 Å². The summed E-state index contributed by atoms with van der Waals surface area (Å²) in [6, 6.07) is 7.92. The third kappa shape index (κ3) is 3.88. The van der Waals surface area contributed by atoms with Crippen molar-refractivity contribution in [1.82, 2.24) is 5.32 Å². The lowest BCUT2D eigenvalue weighted by molar-refractivity contribution is 0.283. The van der Waals surface area contributed by atoms with Crippen molar-refractivity contribution in [2.24, 2.45) is 5.92 Å². The summed E-state index contributed by atoms with van der Waals surface area (Å²) in [6.45, 7) is 7.18. The van der Waals surface area contributed by atoms with Gasteiger partial charge in [-0.15, -0.1) is 0 Å². The van der Waals surface area contributed by atoms with Gasteiger partial charge in [0.15, 0.2) is 5.11 Å². The summed E-state index contributed by atoms with van der Waals surface area (Å²) in [7, 11) is 0. The SMILES string of the molecule is CCOc1ccccc1NC(=S)NC1(C(C)C)CCCC1. The van der Waals surface area contributed by atoms with Gasteiger partial charge in [-0.1, -0.05) is 38.8 Å². The molecule has 0 heterocycles. The summed E-state index contributed by atoms with van der Waals surface area (Å²) >= 11 is 5.53. The molecule has 0 radical (unpaired) electrons. The predicted octanol–water partition coefficient (Wildman–Crippen LogP) is 4.34. The highest BCUT2D eigenvalue weighted by Crippen LogP contribution is 2.36. The molecule has 0 aliphatic heterocycles. The molecule has 1 aromatic carbocycles. The third-order valence-corrected chi connectivity index (χ3v) is 4.60. The molecule has 2 N–H and O–H groups in total. The fourth-order valence-corrected chi connectivity index (χ4v) is 3.40. The van der Waals surface area contributed by atoms with Crippen LogP contribution in [0, 0.1) is 5.92 Å². The van der Waals surface area contributed by atoms with Crippen LogP contribution in [0.15, 0.2) is 24.3 Å². The third-order valence-electron chi connectivity index (χ3n) is 4.40. The van der Waals surface area contributed by atoms with Crippen LogP contribution in [0.25, 0.3) is 0 Å². The molecule has 3 nitrogen and oxygen atoms in total. The van der Waals surface area contributed by atoms with E-state index in [2.05, 4.69) is 24.5 Å². The molecule has 2 rings (SSSR count). The topological polar surface area (TPSA) is 33.3 Å². The Labute approximate surface area is 133 Å². The molecular formula is C17H26N2OS. The number of hydrogen-bond donors (Lipinski definition) is 2. The maximum atomic E-state index is 5.63. The average Bonchev–Trinajstić information content (AvgIpc) is 2.91. The molecule has 0 spiro atoms. The Morgan fingerprint density at radius 3 is 2.57 bits per heavy atom. The summed E-state index contributed by atoms with van der Waals surface area (Å²) in [5.41, 5.74) is 1.07. The van der Waals surface area contributed by atoms with Gasteiger partial charge in [-0.2, -0.15) is 0 Å². The molecule has 0 aromatic heterocycles. The van der Waals surface area contributed by atoms with Gasteiger partial charge in [0, 0.05) is 5.54 Å². The van der Waals surface area contributed by atoms with Crippen LogP contribution in [0.4, 0.5) is 5.69 Å². The van der Waals surface area contributed by atoms with Gasteiger partial charge in [-0.25, -0.2) is 0 Å². The first-order chi connectivity index (χ1) is 10.1. The monoisotopic (exact) mass is 306 g/mol. The normalized spacial score (nSPS) is 16.8. The summed E-state index contributed by atoms with van der Waals surface area (Å²) in [6.07, 6.45) is 4.95. The molecule has 4 heteroatoms. The number of benzene rings is 1. The van der Waals surface area contributed by atoms with Crippen molar-refractivity contribution in [1.29, 1.82) is 0 Å². The van der Waals surface area contributed by atoms with Crippen LogP contribution in [0.5, 0.6) is 5.75 Å². The van der Waals surface area contributed by atoms with Crippen molar-refractivity contribution in [3.8, 4) is 5.75 Å². The van der Waals surface area contributed by atoms with Gasteiger partial charge in [0.2, 0.25) is 0 Å². The molecule has 21 heavy (non-hydrogen) atoms. The largest absolute Gasteiger partial charge is 0.492 e. The van der Waals surface area contributed by atoms with E-state index >= 15 is 0 Å². The second-order valence-corrected chi connectivity index (χ2v) is 6.43. The van der Waals surface area contributed by atoms with Gasteiger partial charge in [-0.3, -0.25) is 0 Å². The molecule has 1 saturated carbocycles. The number of thiocarbonyl (C=S) groups is 1. The molecule has 1 aliphatic carbocycles. The van der Waals surface area contributed by atoms with Crippen molar-refractivity contribution in [3.63, 3.8) is 0 Å². The Bertz CT molecular complexity index is 481. The van der Waals surface area contributed by atoms with Gasteiger partial charge in [-0.05, 0) is 50.0 Å². The summed E-state index contributed by atoms with van der Waals surface area (Å²) in [4.78, 5) is 0. The van der Waals surface area contributed by atoms with E-state index in [1.807, 2.05) is 31.2 Å². The summed E-state index contributed by atoms with van der Waals surface area (Å²) < 4.78 is 5.63. The molecule has 0 bridgehead atoms. The van der Waals surface area contributed by atoms with Crippen LogP contribution in [-0.2, 0) is 0 Å². The van der Waals surface area contributed by atoms with E-state index in [-0.39, 0.29) is 5.54 Å². The van der Waals surface area contributed by atoms with Gasteiger partial charge >= 0.3 is 0 Å². The molecule has 0 unspecified atom stereocenters. The Kier molecular flexibility index (Phi) is 5.45. The molecule has 0 atom stereocenters. The lowest BCUT2D eigenvalue weighted by Gasteiger charge is -2.36. The Hall–Kier alpha value is -1.29. The highest BCUT2D eigenvalue weighted by molar-refractivity contribution is 7.80. The van der Waals surface area contributed by atoms with Crippen LogP contribution in [0.3, 0.4) is 0 Å². The predicted molar refractivity (Wildman–Crippen MR) is 93.0 cm³/mol. The Morgan fingerprint density at radius 1 is 1.29 bits per heavy atom. The van der Waals surface area contributed by atoms with Gasteiger partial charge in [0.1, 0.15) is 5.75 Å². The lowest BCUT2D eigenvalue weighted by atomic mass is 9.85. The quantitative estimate of drug-likeness (QED) is 0.793. The summed E-state index contributed by atoms with van der Waals surface area (Å²) in [5.74, 6) is 1.41. The van der Waals surface area contributed by atoms with Crippen molar-refractivity contribution in [2.75, 3.05) is 11.9 Å². The van der Waals surface area contributed by atoms with Crippen LogP contribution in [0.2, 0.25) is 0 Å². The minimum atomic E-state index is 0.143. The zero-order valence-electron chi connectivity index (χ0n) is 13.2. The van der Waals surface area contributed by atoms with E-state index in [9.17, 15) is 0 Å². The zero-order valence-corrected chi connectivity index (χ0v) is 14.1. The minimum Gasteiger partial charge on any atom is -0.492 e. The van der Waals surface area contributed by atoms with E-state index in [1.165, 1.54) is 25.7 Å². The van der Waals surface area contributed by atoms with Crippen molar-refractivity contribution < 1.29 is 4.74 Å². The van der Waals surface area contributed by atoms with E-state index in [0.29, 0.717) is 17.6 Å². The maximum absolute atomic E-state index is 5.63. The second-order valence-electron chi connectivity index (χ2n) is 6.03. The number of para-hydroxylation sites is 2. The zero-order chi connectivity index (χ0) is 15.3. The lowest BCUT2D eigenvalue weighted by Crippen LogP contribution is -2.51. The maximum Gasteiger partial charge on any atom is 0.171 e. The van der Waals surface area contributed by atoms with Crippen molar-refractivity contribution >= 4 is 23.0 Å². The van der Waals surface area contributed by atoms with E-state index in [0.717, 1.165) is 11.4 Å². The number of hydrogen-bond acceptors (Lipinski definition) is 2. The van der Waals surface area contributed by atoms with Gasteiger partial charge in [0.25, 0.3) is 0 Å². The first-order valence-electron chi connectivity index (χ1n) is 7.88. The molecular weight excluding hydrogens is 280 g/mol. The molecule has 1 aliphatic rings. The summed E-state index contributed by atoms with van der Waals surface area (Å²) in [5, 5.41) is 7.56.